The van der Waals surface area contributed by atoms with Gasteiger partial charge in [0.25, 0.3) is 0 Å². The summed E-state index contributed by atoms with van der Waals surface area (Å²) in [6, 6.07) is 5.68. The Morgan fingerprint density at radius 3 is 2.60 bits per heavy atom. The summed E-state index contributed by atoms with van der Waals surface area (Å²) in [5, 5.41) is 3.21. The van der Waals surface area contributed by atoms with Gasteiger partial charge < -0.3 is 5.32 Å². The van der Waals surface area contributed by atoms with Crippen molar-refractivity contribution in [2.24, 2.45) is 0 Å². The highest BCUT2D eigenvalue weighted by Crippen LogP contribution is 2.18. The van der Waals surface area contributed by atoms with Crippen molar-refractivity contribution in [3.05, 3.63) is 29.3 Å². The first-order chi connectivity index (χ1) is 9.55. The number of sulfonamides is 1. The highest BCUT2D eigenvalue weighted by molar-refractivity contribution is 7.98. The maximum Gasteiger partial charge on any atom is 0.240 e. The molecular weight excluding hydrogens is 292 g/mol. The van der Waals surface area contributed by atoms with Crippen molar-refractivity contribution in [2.45, 2.75) is 31.7 Å². The zero-order chi connectivity index (χ0) is 15.0. The van der Waals surface area contributed by atoms with E-state index in [-0.39, 0.29) is 0 Å². The smallest absolute Gasteiger partial charge is 0.240 e. The molecule has 0 saturated heterocycles. The molecule has 0 saturated carbocycles. The van der Waals surface area contributed by atoms with Crippen LogP contribution < -0.4 is 10.0 Å². The van der Waals surface area contributed by atoms with E-state index in [0.717, 1.165) is 23.4 Å². The molecule has 1 rings (SSSR count). The molecule has 1 aromatic carbocycles. The first-order valence-corrected chi connectivity index (χ1v) is 9.74. The lowest BCUT2D eigenvalue weighted by Crippen LogP contribution is -2.27. The van der Waals surface area contributed by atoms with Crippen molar-refractivity contribution in [1.82, 2.24) is 10.0 Å². The summed E-state index contributed by atoms with van der Waals surface area (Å²) in [6.45, 7) is 6.02. The molecule has 4 nitrogen and oxygen atoms in total. The van der Waals surface area contributed by atoms with Gasteiger partial charge in [0.1, 0.15) is 0 Å². The fraction of sp³-hybridized carbons (Fsp3) is 0.571. The minimum absolute atomic E-state index is 0.413. The number of hydrogen-bond acceptors (Lipinski definition) is 4. The van der Waals surface area contributed by atoms with Crippen LogP contribution in [-0.4, -0.2) is 33.5 Å². The molecule has 0 fully saturated rings. The van der Waals surface area contributed by atoms with Gasteiger partial charge >= 0.3 is 0 Å². The third-order valence-corrected chi connectivity index (χ3v) is 5.13. The largest absolute Gasteiger partial charge is 0.313 e. The minimum atomic E-state index is -3.41. The summed E-state index contributed by atoms with van der Waals surface area (Å²) in [7, 11) is -3.41. The lowest BCUT2D eigenvalue weighted by molar-refractivity contribution is 0.582. The fourth-order valence-corrected chi connectivity index (χ4v) is 3.70. The van der Waals surface area contributed by atoms with E-state index in [1.807, 2.05) is 32.2 Å². The number of thioether (sulfide) groups is 1. The lowest BCUT2D eigenvalue weighted by Gasteiger charge is -2.12. The van der Waals surface area contributed by atoms with Gasteiger partial charge in [0.2, 0.25) is 10.0 Å². The Hall–Kier alpha value is -0.560. The molecule has 0 atom stereocenters. The molecule has 0 amide bonds. The number of hydrogen-bond donors (Lipinski definition) is 2. The van der Waals surface area contributed by atoms with E-state index in [4.69, 9.17) is 0 Å². The standard InChI is InChI=1S/C14H24N2O2S2/c1-4-13-7-6-12(11-15-5-2)10-14(13)20(17,18)16-8-9-19-3/h6-7,10,15-16H,4-5,8-9,11H2,1-3H3. The molecule has 0 radical (unpaired) electrons. The molecule has 6 heteroatoms. The molecule has 1 aromatic rings. The van der Waals surface area contributed by atoms with Crippen molar-refractivity contribution < 1.29 is 8.42 Å². The Morgan fingerprint density at radius 1 is 1.25 bits per heavy atom. The van der Waals surface area contributed by atoms with Gasteiger partial charge in [0, 0.05) is 18.8 Å². The Balaban J connectivity index is 3.00. The maximum atomic E-state index is 12.4. The summed E-state index contributed by atoms with van der Waals surface area (Å²) in [5.74, 6) is 0.776. The normalized spacial score (nSPS) is 11.8. The lowest BCUT2D eigenvalue weighted by atomic mass is 10.1. The number of rotatable bonds is 9. The van der Waals surface area contributed by atoms with Gasteiger partial charge in [-0.3, -0.25) is 0 Å². The van der Waals surface area contributed by atoms with Crippen LogP contribution in [0.5, 0.6) is 0 Å². The Kier molecular flexibility index (Phi) is 7.58. The summed E-state index contributed by atoms with van der Waals surface area (Å²) < 4.78 is 27.4. The molecule has 0 bridgehead atoms. The molecule has 0 heterocycles. The Labute approximate surface area is 126 Å². The zero-order valence-electron chi connectivity index (χ0n) is 12.4. The van der Waals surface area contributed by atoms with Gasteiger partial charge in [-0.1, -0.05) is 26.0 Å². The summed E-state index contributed by atoms with van der Waals surface area (Å²) in [6.07, 6.45) is 2.67. The Morgan fingerprint density at radius 2 is 2.00 bits per heavy atom. The molecule has 20 heavy (non-hydrogen) atoms. The first kappa shape index (κ1) is 17.5. The molecular formula is C14H24N2O2S2. The molecule has 0 spiro atoms. The van der Waals surface area contributed by atoms with Gasteiger partial charge in [0.15, 0.2) is 0 Å². The molecule has 0 aliphatic rings. The van der Waals surface area contributed by atoms with Gasteiger partial charge in [-0.2, -0.15) is 11.8 Å². The fourth-order valence-electron chi connectivity index (χ4n) is 1.88. The van der Waals surface area contributed by atoms with Gasteiger partial charge in [0.05, 0.1) is 4.90 Å². The van der Waals surface area contributed by atoms with E-state index in [1.54, 1.807) is 17.8 Å². The SMILES string of the molecule is CCNCc1ccc(CC)c(S(=O)(=O)NCCSC)c1. The van der Waals surface area contributed by atoms with Crippen LogP contribution in [0, 0.1) is 0 Å². The molecule has 114 valence electrons. The van der Waals surface area contributed by atoms with E-state index in [2.05, 4.69) is 10.0 Å². The minimum Gasteiger partial charge on any atom is -0.313 e. The summed E-state index contributed by atoms with van der Waals surface area (Å²) in [5.41, 5.74) is 1.86. The van der Waals surface area contributed by atoms with Crippen LogP contribution in [0.2, 0.25) is 0 Å². The van der Waals surface area contributed by atoms with Crippen LogP contribution in [0.25, 0.3) is 0 Å². The number of nitrogens with one attached hydrogen (secondary N) is 2. The van der Waals surface area contributed by atoms with Crippen LogP contribution in [0.1, 0.15) is 25.0 Å². The van der Waals surface area contributed by atoms with Crippen molar-refractivity contribution in [1.29, 1.82) is 0 Å². The molecule has 0 unspecified atom stereocenters. The molecule has 0 aliphatic heterocycles. The highest BCUT2D eigenvalue weighted by atomic mass is 32.2. The maximum absolute atomic E-state index is 12.4. The topological polar surface area (TPSA) is 58.2 Å². The predicted molar refractivity (Wildman–Crippen MR) is 86.8 cm³/mol. The molecule has 2 N–H and O–H groups in total. The van der Waals surface area contributed by atoms with E-state index in [0.29, 0.717) is 24.4 Å². The monoisotopic (exact) mass is 316 g/mol. The second-order valence-corrected chi connectivity index (χ2v) is 7.19. The summed E-state index contributed by atoms with van der Waals surface area (Å²) in [4.78, 5) is 0.413. The quantitative estimate of drug-likeness (QED) is 0.684. The second kappa shape index (κ2) is 8.67. The van der Waals surface area contributed by atoms with Crippen molar-refractivity contribution >= 4 is 21.8 Å². The molecule has 0 aromatic heterocycles. The second-order valence-electron chi connectivity index (χ2n) is 4.47. The third-order valence-electron chi connectivity index (χ3n) is 2.98. The van der Waals surface area contributed by atoms with Crippen LogP contribution >= 0.6 is 11.8 Å². The van der Waals surface area contributed by atoms with E-state index in [1.165, 1.54) is 0 Å². The van der Waals surface area contributed by atoms with E-state index >= 15 is 0 Å². The molecule has 0 aliphatic carbocycles. The van der Waals surface area contributed by atoms with Gasteiger partial charge in [-0.15, -0.1) is 0 Å². The zero-order valence-corrected chi connectivity index (χ0v) is 14.0. The predicted octanol–water partition coefficient (Wildman–Crippen LogP) is 2.00. The average molecular weight is 316 g/mol. The van der Waals surface area contributed by atoms with E-state index in [9.17, 15) is 8.42 Å². The van der Waals surface area contributed by atoms with Gasteiger partial charge in [-0.05, 0) is 36.4 Å². The summed E-state index contributed by atoms with van der Waals surface area (Å²) >= 11 is 1.62. The number of benzene rings is 1. The van der Waals surface area contributed by atoms with Crippen LogP contribution in [0.4, 0.5) is 0 Å². The Bertz CT molecular complexity index is 516. The van der Waals surface area contributed by atoms with Crippen LogP contribution in [-0.2, 0) is 23.0 Å². The van der Waals surface area contributed by atoms with Crippen LogP contribution in [0.15, 0.2) is 23.1 Å². The van der Waals surface area contributed by atoms with Gasteiger partial charge in [-0.25, -0.2) is 13.1 Å². The number of aryl methyl sites for hydroxylation is 1. The first-order valence-electron chi connectivity index (χ1n) is 6.86. The van der Waals surface area contributed by atoms with Crippen molar-refractivity contribution in [3.63, 3.8) is 0 Å². The average Bonchev–Trinajstić information content (AvgIpc) is 2.45. The van der Waals surface area contributed by atoms with Crippen molar-refractivity contribution in [3.8, 4) is 0 Å². The highest BCUT2D eigenvalue weighted by Gasteiger charge is 2.17. The van der Waals surface area contributed by atoms with Crippen LogP contribution in [0.3, 0.4) is 0 Å². The van der Waals surface area contributed by atoms with Crippen molar-refractivity contribution in [2.75, 3.05) is 25.1 Å². The van der Waals surface area contributed by atoms with E-state index < -0.39 is 10.0 Å². The third kappa shape index (κ3) is 5.09.